The Bertz CT molecular complexity index is 943. The number of methoxy groups -OCH3 is 1. The molecular weight excluding hydrogens is 488 g/mol. The first kappa shape index (κ1) is 31.1. The first-order valence-corrected chi connectivity index (χ1v) is 17.7. The van der Waals surface area contributed by atoms with Crippen molar-refractivity contribution in [1.82, 2.24) is 0 Å². The van der Waals surface area contributed by atoms with Crippen LogP contribution in [0.3, 0.4) is 0 Å². The van der Waals surface area contributed by atoms with E-state index in [2.05, 4.69) is 79.8 Å². The average Bonchev–Trinajstić information content (AvgIpc) is 2.83. The van der Waals surface area contributed by atoms with E-state index in [1.54, 1.807) is 7.11 Å². The summed E-state index contributed by atoms with van der Waals surface area (Å²) in [4.78, 5) is 13.2. The van der Waals surface area contributed by atoms with Gasteiger partial charge in [-0.3, -0.25) is 4.79 Å². The van der Waals surface area contributed by atoms with Gasteiger partial charge in [0.25, 0.3) is 0 Å². The van der Waals surface area contributed by atoms with Gasteiger partial charge in [0.05, 0.1) is 13.7 Å². The van der Waals surface area contributed by atoms with E-state index in [0.29, 0.717) is 66.8 Å². The highest BCUT2D eigenvalue weighted by molar-refractivity contribution is 6.74. The van der Waals surface area contributed by atoms with E-state index in [0.717, 1.165) is 30.8 Å². The second-order valence-corrected chi connectivity index (χ2v) is 18.9. The predicted octanol–water partition coefficient (Wildman–Crippen LogP) is 8.32. The smallest absolute Gasteiger partial charge is 0.191 e. The van der Waals surface area contributed by atoms with Crippen LogP contribution in [0.15, 0.2) is 35.9 Å². The number of carbonyl (C=O) groups is 1. The fraction of sp³-hybridized carbons (Fsp3) is 0.727. The standard InChI is InChI=1S/C33H54O4Si/c1-22(2)32(21-37-38(9,10)33(5,6)7)30-16-23(3)15-29-28(17-26(34)18-31(29)30)24(4)19-36-20-25-11-13-27(35-8)14-12-25/h11-15,22,24,28-32H,16-21H2,1-10H3/t24-,28-,29+,30+,31-,32+/m0/s1. The van der Waals surface area contributed by atoms with Crippen molar-refractivity contribution in [3.05, 3.63) is 41.5 Å². The van der Waals surface area contributed by atoms with Crippen LogP contribution in [0.4, 0.5) is 0 Å². The quantitative estimate of drug-likeness (QED) is 0.208. The number of ketones is 1. The van der Waals surface area contributed by atoms with E-state index in [4.69, 9.17) is 13.9 Å². The largest absolute Gasteiger partial charge is 0.497 e. The molecule has 0 aromatic heterocycles. The van der Waals surface area contributed by atoms with E-state index in [-0.39, 0.29) is 5.04 Å². The van der Waals surface area contributed by atoms with Crippen LogP contribution >= 0.6 is 0 Å². The highest BCUT2D eigenvalue weighted by Gasteiger charge is 2.47. The minimum atomic E-state index is -1.84. The lowest BCUT2D eigenvalue weighted by Gasteiger charge is -2.49. The molecule has 4 nitrogen and oxygen atoms in total. The van der Waals surface area contributed by atoms with Crippen LogP contribution < -0.4 is 4.74 Å². The summed E-state index contributed by atoms with van der Waals surface area (Å²) in [6.45, 7) is 23.0. The third-order valence-electron chi connectivity index (χ3n) is 9.89. The zero-order valence-electron chi connectivity index (χ0n) is 25.8. The maximum atomic E-state index is 13.2. The molecule has 2 aliphatic carbocycles. The lowest BCUT2D eigenvalue weighted by molar-refractivity contribution is -0.128. The molecule has 6 atom stereocenters. The molecule has 2 aliphatic rings. The third kappa shape index (κ3) is 7.60. The van der Waals surface area contributed by atoms with Crippen molar-refractivity contribution in [1.29, 1.82) is 0 Å². The molecule has 0 amide bonds. The molecule has 0 unspecified atom stereocenters. The van der Waals surface area contributed by atoms with Crippen molar-refractivity contribution in [3.8, 4) is 5.75 Å². The van der Waals surface area contributed by atoms with Gasteiger partial charge in [-0.2, -0.15) is 0 Å². The molecule has 0 heterocycles. The van der Waals surface area contributed by atoms with Gasteiger partial charge >= 0.3 is 0 Å². The maximum absolute atomic E-state index is 13.2. The summed E-state index contributed by atoms with van der Waals surface area (Å²) in [6, 6.07) is 8.06. The lowest BCUT2D eigenvalue weighted by Crippen LogP contribution is -2.47. The van der Waals surface area contributed by atoms with Gasteiger partial charge in [0.15, 0.2) is 8.32 Å². The monoisotopic (exact) mass is 542 g/mol. The molecule has 38 heavy (non-hydrogen) atoms. The first-order chi connectivity index (χ1) is 17.7. The molecule has 3 rings (SSSR count). The molecule has 1 aromatic rings. The second kappa shape index (κ2) is 12.8. The molecular formula is C33H54O4Si. The number of rotatable bonds is 11. The number of carbonyl (C=O) groups excluding carboxylic acids is 1. The summed E-state index contributed by atoms with van der Waals surface area (Å²) in [5.41, 5.74) is 2.63. The number of hydrogen-bond donors (Lipinski definition) is 0. The second-order valence-electron chi connectivity index (χ2n) is 14.1. The predicted molar refractivity (Wildman–Crippen MR) is 160 cm³/mol. The molecule has 1 fully saturated rings. The van der Waals surface area contributed by atoms with Crippen molar-refractivity contribution in [3.63, 3.8) is 0 Å². The molecule has 0 spiro atoms. The van der Waals surface area contributed by atoms with Crippen LogP contribution in [0, 0.1) is 41.4 Å². The minimum Gasteiger partial charge on any atom is -0.497 e. The third-order valence-corrected chi connectivity index (χ3v) is 14.4. The number of allylic oxidation sites excluding steroid dienone is 2. The van der Waals surface area contributed by atoms with Gasteiger partial charge in [0, 0.05) is 26.1 Å². The van der Waals surface area contributed by atoms with Gasteiger partial charge in [-0.05, 0) is 90.6 Å². The minimum absolute atomic E-state index is 0.201. The Balaban J connectivity index is 1.72. The van der Waals surface area contributed by atoms with Crippen LogP contribution in [0.1, 0.15) is 73.3 Å². The van der Waals surface area contributed by atoms with Crippen LogP contribution in [-0.2, 0) is 20.6 Å². The Labute approximate surface area is 234 Å². The Morgan fingerprint density at radius 2 is 1.63 bits per heavy atom. The number of ether oxygens (including phenoxy) is 2. The summed E-state index contributed by atoms with van der Waals surface area (Å²) in [7, 11) is -0.153. The van der Waals surface area contributed by atoms with Gasteiger partial charge in [-0.25, -0.2) is 0 Å². The Morgan fingerprint density at radius 1 is 0.974 bits per heavy atom. The summed E-state index contributed by atoms with van der Waals surface area (Å²) in [6.07, 6.45) is 5.01. The normalized spacial score (nSPS) is 26.1. The Morgan fingerprint density at radius 3 is 2.21 bits per heavy atom. The van der Waals surface area contributed by atoms with Gasteiger partial charge in [-0.15, -0.1) is 0 Å². The van der Waals surface area contributed by atoms with E-state index in [1.165, 1.54) is 5.57 Å². The van der Waals surface area contributed by atoms with E-state index in [9.17, 15) is 4.79 Å². The van der Waals surface area contributed by atoms with Gasteiger partial charge in [-0.1, -0.05) is 65.3 Å². The zero-order chi connectivity index (χ0) is 28.3. The summed E-state index contributed by atoms with van der Waals surface area (Å²) >= 11 is 0. The molecule has 0 aliphatic heterocycles. The topological polar surface area (TPSA) is 44.8 Å². The molecule has 0 N–H and O–H groups in total. The van der Waals surface area contributed by atoms with Crippen molar-refractivity contribution in [2.45, 2.75) is 92.5 Å². The number of benzene rings is 1. The Kier molecular flexibility index (Phi) is 10.5. The van der Waals surface area contributed by atoms with E-state index >= 15 is 0 Å². The summed E-state index contributed by atoms with van der Waals surface area (Å²) < 4.78 is 18.2. The molecule has 0 radical (unpaired) electrons. The highest BCUT2D eigenvalue weighted by Crippen LogP contribution is 2.50. The molecule has 0 bridgehead atoms. The van der Waals surface area contributed by atoms with Gasteiger partial charge in [0.1, 0.15) is 11.5 Å². The fourth-order valence-electron chi connectivity index (χ4n) is 6.39. The highest BCUT2D eigenvalue weighted by atomic mass is 28.4. The van der Waals surface area contributed by atoms with Gasteiger partial charge < -0.3 is 13.9 Å². The fourth-order valence-corrected chi connectivity index (χ4v) is 7.43. The number of Topliss-reactive ketones (excluding diaryl/α,β-unsaturated/α-hetero) is 1. The molecule has 1 saturated carbocycles. The van der Waals surface area contributed by atoms with Crippen LogP contribution in [0.2, 0.25) is 18.1 Å². The molecule has 0 saturated heterocycles. The van der Waals surface area contributed by atoms with E-state index < -0.39 is 8.32 Å². The number of hydrogen-bond acceptors (Lipinski definition) is 4. The van der Waals surface area contributed by atoms with Crippen LogP contribution in [0.5, 0.6) is 5.75 Å². The molecule has 214 valence electrons. The van der Waals surface area contributed by atoms with Gasteiger partial charge in [0.2, 0.25) is 0 Å². The first-order valence-electron chi connectivity index (χ1n) is 14.8. The van der Waals surface area contributed by atoms with Crippen molar-refractivity contribution >= 4 is 14.1 Å². The number of fused-ring (bicyclic) bond motifs is 1. The summed E-state index contributed by atoms with van der Waals surface area (Å²) in [5.74, 6) is 4.29. The maximum Gasteiger partial charge on any atom is 0.191 e. The molecule has 5 heteroatoms. The summed E-state index contributed by atoms with van der Waals surface area (Å²) in [5, 5.41) is 0.201. The zero-order valence-corrected chi connectivity index (χ0v) is 26.8. The SMILES string of the molecule is COc1ccc(COC[C@H](C)[C@@H]2CC(=O)C[C@H]3[C@@H]2C=C(C)C[C@H]3[C@H](CO[Si](C)(C)C(C)(C)C)C(C)C)cc1. The Hall–Kier alpha value is -1.43. The van der Waals surface area contributed by atoms with Crippen LogP contribution in [0.25, 0.3) is 0 Å². The van der Waals surface area contributed by atoms with E-state index in [1.807, 2.05) is 12.1 Å². The van der Waals surface area contributed by atoms with Crippen LogP contribution in [-0.4, -0.2) is 34.4 Å². The lowest BCUT2D eigenvalue weighted by atomic mass is 9.56. The van der Waals surface area contributed by atoms with Crippen molar-refractivity contribution in [2.75, 3.05) is 20.3 Å². The van der Waals surface area contributed by atoms with Crippen molar-refractivity contribution in [2.24, 2.45) is 41.4 Å². The molecule has 1 aromatic carbocycles. The average molecular weight is 543 g/mol. The van der Waals surface area contributed by atoms with Crippen molar-refractivity contribution < 1.29 is 18.7 Å².